The monoisotopic (exact) mass is 541 g/mol. The van der Waals surface area contributed by atoms with Crippen molar-refractivity contribution in [3.05, 3.63) is 46.9 Å². The van der Waals surface area contributed by atoms with E-state index in [0.29, 0.717) is 31.6 Å². The number of sulfonamides is 1. The molecule has 8 heteroatoms. The molecule has 7 nitrogen and oxygen atoms in total. The van der Waals surface area contributed by atoms with Gasteiger partial charge in [-0.3, -0.25) is 0 Å². The summed E-state index contributed by atoms with van der Waals surface area (Å²) in [5.74, 6) is 0. The van der Waals surface area contributed by atoms with Gasteiger partial charge in [-0.05, 0) is 99.9 Å². The van der Waals surface area contributed by atoms with Gasteiger partial charge in [0.2, 0.25) is 0 Å². The fraction of sp³-hybridized carbons (Fsp3) is 0.567. The highest BCUT2D eigenvalue weighted by Gasteiger charge is 2.31. The Morgan fingerprint density at radius 2 is 1.74 bits per heavy atom. The van der Waals surface area contributed by atoms with Crippen LogP contribution in [0.4, 0.5) is 5.69 Å². The van der Waals surface area contributed by atoms with E-state index in [1.165, 1.54) is 31.0 Å². The molecule has 0 aliphatic carbocycles. The van der Waals surface area contributed by atoms with Gasteiger partial charge in [0.1, 0.15) is 6.07 Å². The largest absolute Gasteiger partial charge is 0.385 e. The molecule has 1 N–H and O–H groups in total. The minimum atomic E-state index is -4.03. The lowest BCUT2D eigenvalue weighted by Crippen LogP contribution is -2.47. The summed E-state index contributed by atoms with van der Waals surface area (Å²) in [4.78, 5) is 2.11. The molecule has 0 amide bonds. The molecule has 0 aromatic heterocycles. The van der Waals surface area contributed by atoms with Crippen molar-refractivity contribution in [3.63, 3.8) is 0 Å². The Morgan fingerprint density at radius 1 is 1.05 bits per heavy atom. The Hall–Kier alpha value is -2.44. The Bertz CT molecular complexity index is 1260. The number of fused-ring (bicyclic) bond motifs is 1. The van der Waals surface area contributed by atoms with Crippen molar-refractivity contribution in [2.24, 2.45) is 0 Å². The van der Waals surface area contributed by atoms with Crippen LogP contribution in [0.25, 0.3) is 16.8 Å². The zero-order chi connectivity index (χ0) is 27.8. The van der Waals surface area contributed by atoms with E-state index in [-0.39, 0.29) is 10.5 Å². The number of methoxy groups -OCH3 is 1. The van der Waals surface area contributed by atoms with Crippen LogP contribution in [0, 0.1) is 11.3 Å². The third-order valence-electron chi connectivity index (χ3n) is 7.48. The maximum absolute atomic E-state index is 13.3. The van der Waals surface area contributed by atoms with Gasteiger partial charge < -0.3 is 14.4 Å². The first-order valence-electron chi connectivity index (χ1n) is 13.6. The molecule has 1 heterocycles. The molecule has 1 aliphatic rings. The van der Waals surface area contributed by atoms with E-state index < -0.39 is 15.6 Å². The summed E-state index contributed by atoms with van der Waals surface area (Å²) >= 11 is 0. The Labute approximate surface area is 228 Å². The Morgan fingerprint density at radius 3 is 2.39 bits per heavy atom. The van der Waals surface area contributed by atoms with Crippen LogP contribution in [0.1, 0.15) is 71.8 Å². The second kappa shape index (κ2) is 13.1. The van der Waals surface area contributed by atoms with Crippen LogP contribution < -0.4 is 9.62 Å². The first-order valence-corrected chi connectivity index (χ1v) is 15.1. The summed E-state index contributed by atoms with van der Waals surface area (Å²) in [5, 5.41) is 11.9. The number of allylic oxidation sites excluding steroid dienone is 1. The van der Waals surface area contributed by atoms with E-state index in [1.54, 1.807) is 7.11 Å². The van der Waals surface area contributed by atoms with Crippen molar-refractivity contribution in [1.29, 1.82) is 5.26 Å². The summed E-state index contributed by atoms with van der Waals surface area (Å²) in [5.41, 5.74) is 0.771. The fourth-order valence-electron chi connectivity index (χ4n) is 4.66. The van der Waals surface area contributed by atoms with Gasteiger partial charge in [-0.1, -0.05) is 25.1 Å². The van der Waals surface area contributed by atoms with Crippen LogP contribution in [0.15, 0.2) is 41.3 Å². The third kappa shape index (κ3) is 8.28. The average molecular weight is 542 g/mol. The van der Waals surface area contributed by atoms with Gasteiger partial charge >= 0.3 is 0 Å². The Balaban J connectivity index is 1.73. The lowest BCUT2D eigenvalue weighted by Gasteiger charge is -2.32. The van der Waals surface area contributed by atoms with Crippen LogP contribution in [-0.4, -0.2) is 53.0 Å². The maximum Gasteiger partial charge on any atom is 0.251 e. The smallest absolute Gasteiger partial charge is 0.251 e. The molecule has 1 unspecified atom stereocenters. The van der Waals surface area contributed by atoms with Gasteiger partial charge in [0.15, 0.2) is 4.91 Å². The van der Waals surface area contributed by atoms with E-state index >= 15 is 0 Å². The number of benzene rings is 2. The number of ether oxygens (including phenoxy) is 2. The number of anilines is 1. The van der Waals surface area contributed by atoms with E-state index in [2.05, 4.69) is 27.8 Å². The molecule has 0 saturated carbocycles. The molecular weight excluding hydrogens is 498 g/mol. The number of hydrogen-bond donors (Lipinski definition) is 1. The molecule has 3 rings (SSSR count). The lowest BCUT2D eigenvalue weighted by molar-refractivity contribution is -0.0427. The minimum Gasteiger partial charge on any atom is -0.385 e. The minimum absolute atomic E-state index is 0.303. The SMILES string of the molecule is CCC(C)(CCOC(C)(C)CCOC)NS(=O)(=O)C(C#N)=Cc1ccc2cc(N3CCCCC3)ccc2c1. The molecule has 1 atom stereocenters. The average Bonchev–Trinajstić information content (AvgIpc) is 2.90. The van der Waals surface area contributed by atoms with E-state index in [9.17, 15) is 13.7 Å². The van der Waals surface area contributed by atoms with Gasteiger partial charge in [-0.15, -0.1) is 0 Å². The first kappa shape index (κ1) is 30.1. The predicted molar refractivity (Wildman–Crippen MR) is 155 cm³/mol. The second-order valence-corrected chi connectivity index (χ2v) is 12.7. The number of piperidine rings is 1. The zero-order valence-electron chi connectivity index (χ0n) is 23.5. The van der Waals surface area contributed by atoms with Gasteiger partial charge in [-0.25, -0.2) is 13.1 Å². The highest BCUT2D eigenvalue weighted by Crippen LogP contribution is 2.27. The standard InChI is InChI=1S/C30H43N3O4S/c1-6-30(4,15-19-37-29(2,3)14-18-36-5)32-38(34,35)28(23-31)21-24-10-11-26-22-27(13-12-25(26)20-24)33-16-8-7-9-17-33/h10-13,20-22,32H,6-9,14-19H2,1-5H3. The molecule has 2 aromatic rings. The summed E-state index contributed by atoms with van der Waals surface area (Å²) in [6.45, 7) is 10.9. The van der Waals surface area contributed by atoms with Crippen molar-refractivity contribution in [2.45, 2.75) is 77.4 Å². The third-order valence-corrected chi connectivity index (χ3v) is 9.03. The molecule has 38 heavy (non-hydrogen) atoms. The van der Waals surface area contributed by atoms with E-state index in [1.807, 2.05) is 52.0 Å². The van der Waals surface area contributed by atoms with Crippen molar-refractivity contribution in [2.75, 3.05) is 38.3 Å². The molecule has 2 aromatic carbocycles. The van der Waals surface area contributed by atoms with Gasteiger partial charge in [-0.2, -0.15) is 5.26 Å². The van der Waals surface area contributed by atoms with Crippen LogP contribution >= 0.6 is 0 Å². The molecule has 0 bridgehead atoms. The molecule has 1 fully saturated rings. The van der Waals surface area contributed by atoms with Crippen molar-refractivity contribution in [3.8, 4) is 6.07 Å². The van der Waals surface area contributed by atoms with E-state index in [0.717, 1.165) is 30.3 Å². The highest BCUT2D eigenvalue weighted by molar-refractivity contribution is 7.93. The number of nitrogens with one attached hydrogen (secondary N) is 1. The van der Waals surface area contributed by atoms with Crippen molar-refractivity contribution < 1.29 is 17.9 Å². The lowest BCUT2D eigenvalue weighted by atomic mass is 9.96. The van der Waals surface area contributed by atoms with Gasteiger partial charge in [0.05, 0.1) is 5.60 Å². The van der Waals surface area contributed by atoms with Crippen LogP contribution in [-0.2, 0) is 19.5 Å². The normalized spacial score (nSPS) is 16.8. The molecule has 0 radical (unpaired) electrons. The zero-order valence-corrected chi connectivity index (χ0v) is 24.4. The van der Waals surface area contributed by atoms with E-state index in [4.69, 9.17) is 9.47 Å². The fourth-order valence-corrected chi connectivity index (χ4v) is 6.08. The topological polar surface area (TPSA) is 91.7 Å². The number of rotatable bonds is 13. The quantitative estimate of drug-likeness (QED) is 0.313. The van der Waals surface area contributed by atoms with Gasteiger partial charge in [0.25, 0.3) is 10.0 Å². The maximum atomic E-state index is 13.3. The second-order valence-electron chi connectivity index (χ2n) is 11.1. The molecule has 208 valence electrons. The van der Waals surface area contributed by atoms with Crippen LogP contribution in [0.3, 0.4) is 0 Å². The molecular formula is C30H43N3O4S. The number of nitrogens with zero attached hydrogens (tertiary/aromatic N) is 2. The highest BCUT2D eigenvalue weighted by atomic mass is 32.2. The predicted octanol–water partition coefficient (Wildman–Crippen LogP) is 6.00. The van der Waals surface area contributed by atoms with Crippen LogP contribution in [0.5, 0.6) is 0 Å². The summed E-state index contributed by atoms with van der Waals surface area (Å²) in [7, 11) is -2.37. The molecule has 1 aliphatic heterocycles. The van der Waals surface area contributed by atoms with Crippen LogP contribution in [0.2, 0.25) is 0 Å². The Kier molecular flexibility index (Phi) is 10.4. The number of nitriles is 1. The first-order chi connectivity index (χ1) is 18.0. The molecule has 0 spiro atoms. The number of hydrogen-bond acceptors (Lipinski definition) is 6. The summed E-state index contributed by atoms with van der Waals surface area (Å²) in [6, 6.07) is 14.1. The van der Waals surface area contributed by atoms with Crippen molar-refractivity contribution >= 4 is 32.6 Å². The summed E-state index contributed by atoms with van der Waals surface area (Å²) < 4.78 is 40.5. The van der Waals surface area contributed by atoms with Crippen molar-refractivity contribution in [1.82, 2.24) is 4.72 Å². The van der Waals surface area contributed by atoms with Gasteiger partial charge in [0, 0.05) is 44.6 Å². The summed E-state index contributed by atoms with van der Waals surface area (Å²) in [6.07, 6.45) is 6.95. The molecule has 1 saturated heterocycles.